The van der Waals surface area contributed by atoms with Crippen molar-refractivity contribution in [2.24, 2.45) is 16.7 Å². The fourth-order valence-corrected chi connectivity index (χ4v) is 3.04. The maximum atomic E-state index is 11.7. The Hall–Kier alpha value is -0.860. The lowest BCUT2D eigenvalue weighted by Gasteiger charge is -2.36. The number of aliphatic carboxylic acids is 1. The van der Waals surface area contributed by atoms with E-state index in [2.05, 4.69) is 0 Å². The minimum absolute atomic E-state index is 0.0195. The number of hydrogen-bond acceptors (Lipinski definition) is 2. The first-order valence-corrected chi connectivity index (χ1v) is 4.69. The van der Waals surface area contributed by atoms with Gasteiger partial charge in [-0.25, -0.2) is 0 Å². The van der Waals surface area contributed by atoms with E-state index in [1.807, 2.05) is 0 Å². The summed E-state index contributed by atoms with van der Waals surface area (Å²) in [4.78, 5) is 22.9. The fraction of sp³-hybridized carbons (Fsp3) is 0.800. The van der Waals surface area contributed by atoms with Gasteiger partial charge in [0.1, 0.15) is 5.78 Å². The second kappa shape index (κ2) is 2.14. The summed E-state index contributed by atoms with van der Waals surface area (Å²) in [5.41, 5.74) is -1.41. The Kier molecular flexibility index (Phi) is 1.44. The molecule has 2 rings (SSSR count). The fourth-order valence-electron chi connectivity index (χ4n) is 3.04. The molecule has 2 aliphatic carbocycles. The van der Waals surface area contributed by atoms with Crippen LogP contribution in [0.3, 0.4) is 0 Å². The minimum Gasteiger partial charge on any atom is -0.481 e. The number of ketones is 1. The van der Waals surface area contributed by atoms with Gasteiger partial charge in [0.15, 0.2) is 0 Å². The maximum Gasteiger partial charge on any atom is 0.310 e. The molecule has 0 spiro atoms. The zero-order valence-electron chi connectivity index (χ0n) is 7.96. The second-order valence-electron chi connectivity index (χ2n) is 4.82. The summed E-state index contributed by atoms with van der Waals surface area (Å²) < 4.78 is 0. The lowest BCUT2D eigenvalue weighted by Crippen LogP contribution is -2.44. The molecular formula is C10H14O3. The predicted molar refractivity (Wildman–Crippen MR) is 46.2 cm³/mol. The van der Waals surface area contributed by atoms with Crippen LogP contribution in [-0.4, -0.2) is 16.9 Å². The molecule has 0 saturated heterocycles. The molecule has 0 amide bonds. The molecule has 2 saturated carbocycles. The van der Waals surface area contributed by atoms with Crippen molar-refractivity contribution < 1.29 is 14.7 Å². The van der Waals surface area contributed by atoms with Crippen molar-refractivity contribution in [3.05, 3.63) is 0 Å². The highest BCUT2D eigenvalue weighted by Gasteiger charge is 2.66. The Bertz CT molecular complexity index is 293. The van der Waals surface area contributed by atoms with Gasteiger partial charge in [-0.1, -0.05) is 13.8 Å². The number of rotatable bonds is 1. The molecule has 0 aromatic carbocycles. The largest absolute Gasteiger partial charge is 0.481 e. The highest BCUT2D eigenvalue weighted by atomic mass is 16.4. The Balaban J connectivity index is 2.50. The molecule has 3 heteroatoms. The molecule has 2 aliphatic rings. The summed E-state index contributed by atoms with van der Waals surface area (Å²) >= 11 is 0. The van der Waals surface area contributed by atoms with Crippen LogP contribution >= 0.6 is 0 Å². The molecule has 0 aromatic rings. The van der Waals surface area contributed by atoms with Crippen molar-refractivity contribution in [1.82, 2.24) is 0 Å². The zero-order chi connectivity index (χ0) is 9.85. The van der Waals surface area contributed by atoms with Gasteiger partial charge in [-0.2, -0.15) is 0 Å². The number of hydrogen-bond donors (Lipinski definition) is 1. The van der Waals surface area contributed by atoms with Gasteiger partial charge < -0.3 is 5.11 Å². The average molecular weight is 182 g/mol. The van der Waals surface area contributed by atoms with E-state index >= 15 is 0 Å². The molecule has 0 radical (unpaired) electrons. The van der Waals surface area contributed by atoms with Crippen molar-refractivity contribution in [3.8, 4) is 0 Å². The second-order valence-corrected chi connectivity index (χ2v) is 4.82. The monoisotopic (exact) mass is 182 g/mol. The molecule has 1 N–H and O–H groups in total. The standard InChI is InChI=1S/C10H14O3/c1-9(2)7(11)6-3-4-10(9,5-6)8(12)13/h6H,3-5H2,1-2H3,(H,12,13). The third-order valence-electron chi connectivity index (χ3n) is 4.11. The molecule has 2 bridgehead atoms. The van der Waals surface area contributed by atoms with E-state index in [1.165, 1.54) is 0 Å². The third kappa shape index (κ3) is 0.754. The van der Waals surface area contributed by atoms with Crippen LogP contribution in [0.2, 0.25) is 0 Å². The van der Waals surface area contributed by atoms with Crippen LogP contribution in [0, 0.1) is 16.7 Å². The van der Waals surface area contributed by atoms with E-state index in [4.69, 9.17) is 0 Å². The van der Waals surface area contributed by atoms with Gasteiger partial charge in [0.05, 0.1) is 5.41 Å². The lowest BCUT2D eigenvalue weighted by molar-refractivity contribution is -0.158. The van der Waals surface area contributed by atoms with Gasteiger partial charge in [-0.15, -0.1) is 0 Å². The molecule has 0 aromatic heterocycles. The first kappa shape index (κ1) is 8.73. The molecule has 13 heavy (non-hydrogen) atoms. The molecule has 2 fully saturated rings. The van der Waals surface area contributed by atoms with Crippen LogP contribution in [0.4, 0.5) is 0 Å². The Labute approximate surface area is 77.1 Å². The number of carboxylic acids is 1. The van der Waals surface area contributed by atoms with Gasteiger partial charge in [-0.3, -0.25) is 9.59 Å². The average Bonchev–Trinajstić information content (AvgIpc) is 2.53. The van der Waals surface area contributed by atoms with E-state index in [9.17, 15) is 14.7 Å². The summed E-state index contributed by atoms with van der Waals surface area (Å²) in [6.45, 7) is 3.56. The SMILES string of the molecule is CC1(C)C(=O)C2CCC1(C(=O)O)C2. The normalized spacial score (nSPS) is 41.1. The summed E-state index contributed by atoms with van der Waals surface area (Å²) in [5.74, 6) is -0.613. The third-order valence-corrected chi connectivity index (χ3v) is 4.11. The molecule has 0 heterocycles. The first-order valence-electron chi connectivity index (χ1n) is 4.69. The Morgan fingerprint density at radius 3 is 2.46 bits per heavy atom. The number of fused-ring (bicyclic) bond motifs is 2. The van der Waals surface area contributed by atoms with Crippen molar-refractivity contribution in [3.63, 3.8) is 0 Å². The van der Waals surface area contributed by atoms with Crippen molar-refractivity contribution in [1.29, 1.82) is 0 Å². The molecule has 72 valence electrons. The lowest BCUT2D eigenvalue weighted by atomic mass is 9.64. The maximum absolute atomic E-state index is 11.7. The van der Waals surface area contributed by atoms with Crippen LogP contribution in [0.5, 0.6) is 0 Å². The quantitative estimate of drug-likeness (QED) is 0.668. The van der Waals surface area contributed by atoms with Crippen LogP contribution in [0.1, 0.15) is 33.1 Å². The van der Waals surface area contributed by atoms with Gasteiger partial charge in [0.25, 0.3) is 0 Å². The minimum atomic E-state index is -0.786. The molecule has 2 unspecified atom stereocenters. The molecular weight excluding hydrogens is 168 g/mol. The molecule has 0 aliphatic heterocycles. The zero-order valence-corrected chi connectivity index (χ0v) is 7.96. The van der Waals surface area contributed by atoms with E-state index < -0.39 is 16.8 Å². The van der Waals surface area contributed by atoms with Crippen LogP contribution in [0.15, 0.2) is 0 Å². The van der Waals surface area contributed by atoms with E-state index in [0.29, 0.717) is 12.8 Å². The summed E-state index contributed by atoms with van der Waals surface area (Å²) in [6.07, 6.45) is 2.01. The molecule has 2 atom stereocenters. The number of carbonyl (C=O) groups is 2. The highest BCUT2D eigenvalue weighted by Crippen LogP contribution is 2.62. The van der Waals surface area contributed by atoms with Crippen LogP contribution < -0.4 is 0 Å². The van der Waals surface area contributed by atoms with Crippen molar-refractivity contribution in [2.75, 3.05) is 0 Å². The number of carboxylic acid groups (broad SMARTS) is 1. The Morgan fingerprint density at radius 2 is 2.15 bits per heavy atom. The van der Waals surface area contributed by atoms with Crippen LogP contribution in [-0.2, 0) is 9.59 Å². The smallest absolute Gasteiger partial charge is 0.310 e. The van der Waals surface area contributed by atoms with Crippen molar-refractivity contribution in [2.45, 2.75) is 33.1 Å². The number of carbonyl (C=O) groups excluding carboxylic acids is 1. The predicted octanol–water partition coefficient (Wildman–Crippen LogP) is 1.47. The summed E-state index contributed by atoms with van der Waals surface area (Å²) in [7, 11) is 0. The molecule has 3 nitrogen and oxygen atoms in total. The topological polar surface area (TPSA) is 54.4 Å². The summed E-state index contributed by atoms with van der Waals surface area (Å²) in [6, 6.07) is 0. The van der Waals surface area contributed by atoms with Crippen molar-refractivity contribution >= 4 is 11.8 Å². The van der Waals surface area contributed by atoms with E-state index in [-0.39, 0.29) is 11.7 Å². The van der Waals surface area contributed by atoms with E-state index in [1.54, 1.807) is 13.8 Å². The first-order chi connectivity index (χ1) is 5.92. The van der Waals surface area contributed by atoms with Gasteiger partial charge in [-0.05, 0) is 19.3 Å². The van der Waals surface area contributed by atoms with E-state index in [0.717, 1.165) is 6.42 Å². The van der Waals surface area contributed by atoms with Gasteiger partial charge >= 0.3 is 5.97 Å². The highest BCUT2D eigenvalue weighted by molar-refractivity contribution is 5.97. The van der Waals surface area contributed by atoms with Gasteiger partial charge in [0, 0.05) is 11.3 Å². The summed E-state index contributed by atoms with van der Waals surface area (Å²) in [5, 5.41) is 9.19. The Morgan fingerprint density at radius 1 is 1.54 bits per heavy atom. The van der Waals surface area contributed by atoms with Crippen LogP contribution in [0.25, 0.3) is 0 Å². The number of Topliss-reactive ketones (excluding diaryl/α,β-unsaturated/α-hetero) is 1. The van der Waals surface area contributed by atoms with Gasteiger partial charge in [0.2, 0.25) is 0 Å².